The maximum absolute atomic E-state index is 13.5. The highest BCUT2D eigenvalue weighted by atomic mass is 16.3. The van der Waals surface area contributed by atoms with Gasteiger partial charge < -0.3 is 10.4 Å². The summed E-state index contributed by atoms with van der Waals surface area (Å²) in [4.78, 5) is 30.0. The van der Waals surface area contributed by atoms with E-state index in [-0.39, 0.29) is 34.8 Å². The largest absolute Gasteiger partial charge is 0.504 e. The quantitative estimate of drug-likeness (QED) is 0.577. The average Bonchev–Trinajstić information content (AvgIpc) is 3.17. The molecule has 5 nitrogen and oxygen atoms in total. The number of aryl methyl sites for hydroxylation is 2. The van der Waals surface area contributed by atoms with E-state index in [2.05, 4.69) is 24.1 Å². The second-order valence-corrected chi connectivity index (χ2v) is 11.9. The van der Waals surface area contributed by atoms with Crippen molar-refractivity contribution in [2.45, 2.75) is 85.5 Å². The number of anilines is 1. The van der Waals surface area contributed by atoms with Crippen LogP contribution in [-0.2, 0) is 16.0 Å². The summed E-state index contributed by atoms with van der Waals surface area (Å²) in [6.07, 6.45) is 10.9. The number of aromatic hydroxyl groups is 1. The van der Waals surface area contributed by atoms with Gasteiger partial charge in [-0.05, 0) is 99.0 Å². The number of carbonyl (C=O) groups excluding carboxylic acids is 2. The number of pyridine rings is 1. The van der Waals surface area contributed by atoms with Crippen LogP contribution in [0.3, 0.4) is 0 Å². The average molecular weight is 465 g/mol. The second-order valence-electron chi connectivity index (χ2n) is 11.9. The zero-order valence-corrected chi connectivity index (χ0v) is 21.2. The molecule has 4 aliphatic carbocycles. The lowest BCUT2D eigenvalue weighted by Crippen LogP contribution is -2.51. The Hall–Kier alpha value is -2.17. The highest BCUT2D eigenvalue weighted by Gasteiger charge is 2.59. The molecule has 0 spiro atoms. The third kappa shape index (κ3) is 3.61. The number of fused-ring (bicyclic) bond motifs is 5. The zero-order chi connectivity index (χ0) is 24.3. The van der Waals surface area contributed by atoms with Gasteiger partial charge in [-0.25, -0.2) is 0 Å². The monoisotopic (exact) mass is 464 g/mol. The number of nitrogens with zero attached hydrogens (tertiary/aromatic N) is 1. The van der Waals surface area contributed by atoms with Gasteiger partial charge in [0.25, 0.3) is 0 Å². The predicted octanol–water partition coefficient (Wildman–Crippen LogP) is 5.79. The minimum absolute atomic E-state index is 0.0623. The van der Waals surface area contributed by atoms with Crippen LogP contribution in [0.1, 0.15) is 83.5 Å². The molecule has 0 bridgehead atoms. The molecule has 5 heteroatoms. The summed E-state index contributed by atoms with van der Waals surface area (Å²) in [5.41, 5.74) is 3.78. The number of ketones is 2. The third-order valence-corrected chi connectivity index (χ3v) is 10.3. The Labute approximate surface area is 203 Å². The minimum atomic E-state index is 0.0623. The summed E-state index contributed by atoms with van der Waals surface area (Å²) in [5.74, 6) is 2.75. The van der Waals surface area contributed by atoms with Gasteiger partial charge in [-0.3, -0.25) is 14.6 Å². The van der Waals surface area contributed by atoms with Crippen LogP contribution in [0, 0.1) is 41.4 Å². The van der Waals surface area contributed by atoms with Crippen molar-refractivity contribution < 1.29 is 14.7 Å². The molecule has 1 aromatic rings. The molecule has 4 aliphatic rings. The van der Waals surface area contributed by atoms with Gasteiger partial charge >= 0.3 is 0 Å². The topological polar surface area (TPSA) is 79.3 Å². The third-order valence-electron chi connectivity index (χ3n) is 10.3. The van der Waals surface area contributed by atoms with Crippen LogP contribution < -0.4 is 5.32 Å². The van der Waals surface area contributed by atoms with Crippen LogP contribution in [0.5, 0.6) is 5.75 Å². The molecule has 0 aromatic carbocycles. The normalized spacial score (nSPS) is 36.8. The molecular weight excluding hydrogens is 424 g/mol. The molecule has 0 amide bonds. The molecule has 0 unspecified atom stereocenters. The van der Waals surface area contributed by atoms with Crippen LogP contribution in [0.15, 0.2) is 17.7 Å². The zero-order valence-electron chi connectivity index (χ0n) is 21.2. The number of nitrogens with one attached hydrogen (secondary N) is 1. The number of aromatic nitrogens is 1. The SMILES string of the molecule is CCc1nc(C)cc(NCC(=O)[C@@H]2CC[C@@H]3[C@H]4CCC5=CC(=O)CC[C@]5(C)[C@@H]4CC[C@]32C)c1O. The first-order valence-electron chi connectivity index (χ1n) is 13.4. The van der Waals surface area contributed by atoms with E-state index in [1.165, 1.54) is 18.4 Å². The Balaban J connectivity index is 1.31. The van der Waals surface area contributed by atoms with Crippen molar-refractivity contribution in [3.8, 4) is 5.75 Å². The summed E-state index contributed by atoms with van der Waals surface area (Å²) in [6, 6.07) is 1.83. The van der Waals surface area contributed by atoms with Gasteiger partial charge in [0.1, 0.15) is 0 Å². The molecule has 3 saturated carbocycles. The van der Waals surface area contributed by atoms with Gasteiger partial charge in [-0.2, -0.15) is 0 Å². The van der Waals surface area contributed by atoms with Crippen molar-refractivity contribution in [2.24, 2.45) is 34.5 Å². The van der Waals surface area contributed by atoms with E-state index in [0.29, 0.717) is 47.8 Å². The fourth-order valence-corrected chi connectivity index (χ4v) is 8.51. The molecule has 34 heavy (non-hydrogen) atoms. The van der Waals surface area contributed by atoms with Gasteiger partial charge in [-0.15, -0.1) is 0 Å². The smallest absolute Gasteiger partial charge is 0.160 e. The van der Waals surface area contributed by atoms with E-state index in [1.807, 2.05) is 26.0 Å². The first-order chi connectivity index (χ1) is 16.2. The fraction of sp³-hybridized carbons (Fsp3) is 0.690. The Morgan fingerprint density at radius 3 is 2.71 bits per heavy atom. The van der Waals surface area contributed by atoms with Crippen LogP contribution >= 0.6 is 0 Å². The molecule has 0 aliphatic heterocycles. The predicted molar refractivity (Wildman–Crippen MR) is 134 cm³/mol. The number of rotatable bonds is 5. The van der Waals surface area contributed by atoms with Crippen LogP contribution in [-0.4, -0.2) is 28.2 Å². The van der Waals surface area contributed by atoms with Crippen LogP contribution in [0.25, 0.3) is 0 Å². The van der Waals surface area contributed by atoms with Crippen molar-refractivity contribution in [1.82, 2.24) is 4.98 Å². The number of allylic oxidation sites excluding steroid dienone is 1. The number of hydrogen-bond acceptors (Lipinski definition) is 5. The van der Waals surface area contributed by atoms with Crippen molar-refractivity contribution >= 4 is 17.3 Å². The van der Waals surface area contributed by atoms with E-state index in [1.54, 1.807) is 0 Å². The number of carbonyl (C=O) groups is 2. The fourth-order valence-electron chi connectivity index (χ4n) is 8.51. The molecule has 2 N–H and O–H groups in total. The van der Waals surface area contributed by atoms with Crippen molar-refractivity contribution in [3.05, 3.63) is 29.1 Å². The molecule has 5 rings (SSSR count). The van der Waals surface area contributed by atoms with E-state index < -0.39 is 0 Å². The van der Waals surface area contributed by atoms with Gasteiger partial charge in [0, 0.05) is 18.0 Å². The van der Waals surface area contributed by atoms with Gasteiger partial charge in [0.15, 0.2) is 17.3 Å². The lowest BCUT2D eigenvalue weighted by atomic mass is 9.46. The maximum Gasteiger partial charge on any atom is 0.160 e. The first kappa shape index (κ1) is 23.6. The van der Waals surface area contributed by atoms with Gasteiger partial charge in [-0.1, -0.05) is 26.3 Å². The van der Waals surface area contributed by atoms with E-state index in [9.17, 15) is 14.7 Å². The van der Waals surface area contributed by atoms with E-state index in [0.717, 1.165) is 37.8 Å². The lowest BCUT2D eigenvalue weighted by molar-refractivity contribution is -0.129. The van der Waals surface area contributed by atoms with E-state index >= 15 is 0 Å². The van der Waals surface area contributed by atoms with Crippen LogP contribution in [0.4, 0.5) is 5.69 Å². The molecular formula is C29H40N2O3. The minimum Gasteiger partial charge on any atom is -0.504 e. The lowest BCUT2D eigenvalue weighted by Gasteiger charge is -2.58. The molecule has 0 radical (unpaired) electrons. The summed E-state index contributed by atoms with van der Waals surface area (Å²) in [6.45, 7) is 8.95. The van der Waals surface area contributed by atoms with Crippen molar-refractivity contribution in [3.63, 3.8) is 0 Å². The summed E-state index contributed by atoms with van der Waals surface area (Å²) in [5, 5.41) is 13.8. The summed E-state index contributed by atoms with van der Waals surface area (Å²) < 4.78 is 0. The van der Waals surface area contributed by atoms with Gasteiger partial charge in [0.2, 0.25) is 0 Å². The molecule has 6 atom stereocenters. The standard InChI is InChI=1S/C29H40N2O3/c1-5-24-27(34)25(14-17(2)31-24)30-16-26(33)23-9-8-21-20-7-6-18-15-19(32)10-12-28(18,3)22(20)11-13-29(21,23)4/h14-15,20-23,34H,5-13,16H2,1-4H3,(H,30,31)/t20-,21-,22-,23+,28+,29-/m1/s1. The second kappa shape index (κ2) is 8.49. The molecule has 3 fully saturated rings. The van der Waals surface area contributed by atoms with Crippen molar-refractivity contribution in [1.29, 1.82) is 0 Å². The van der Waals surface area contributed by atoms with Crippen molar-refractivity contribution in [2.75, 3.05) is 11.9 Å². The number of hydrogen-bond donors (Lipinski definition) is 2. The summed E-state index contributed by atoms with van der Waals surface area (Å²) >= 11 is 0. The Morgan fingerprint density at radius 2 is 1.94 bits per heavy atom. The first-order valence-corrected chi connectivity index (χ1v) is 13.4. The summed E-state index contributed by atoms with van der Waals surface area (Å²) in [7, 11) is 0. The molecule has 184 valence electrons. The number of Topliss-reactive ketones (excluding diaryl/α,β-unsaturated/α-hetero) is 1. The maximum atomic E-state index is 13.5. The Bertz CT molecular complexity index is 1050. The molecule has 1 aromatic heterocycles. The Kier molecular flexibility index (Phi) is 5.89. The van der Waals surface area contributed by atoms with Gasteiger partial charge in [0.05, 0.1) is 17.9 Å². The highest BCUT2D eigenvalue weighted by Crippen LogP contribution is 2.66. The van der Waals surface area contributed by atoms with E-state index in [4.69, 9.17) is 0 Å². The Morgan fingerprint density at radius 1 is 1.15 bits per heavy atom. The van der Waals surface area contributed by atoms with Crippen LogP contribution in [0.2, 0.25) is 0 Å². The molecule has 1 heterocycles. The highest BCUT2D eigenvalue weighted by molar-refractivity contribution is 5.91. The molecule has 0 saturated heterocycles.